The van der Waals surface area contributed by atoms with E-state index in [0.29, 0.717) is 0 Å². The molecule has 0 fully saturated rings. The SMILES string of the molecule is Cc1c2c(cc3ccccc13)Oc1c3ccccc3c(CC(C)(C)C)c3cc[n+](C)c-2c13. The summed E-state index contributed by atoms with van der Waals surface area (Å²) in [7, 11) is 2.15. The van der Waals surface area contributed by atoms with E-state index in [1.807, 2.05) is 0 Å². The molecule has 6 rings (SSSR count). The summed E-state index contributed by atoms with van der Waals surface area (Å²) in [5.74, 6) is 1.94. The van der Waals surface area contributed by atoms with Gasteiger partial charge < -0.3 is 4.74 Å². The van der Waals surface area contributed by atoms with E-state index in [1.165, 1.54) is 54.7 Å². The van der Waals surface area contributed by atoms with Gasteiger partial charge in [-0.15, -0.1) is 0 Å². The minimum absolute atomic E-state index is 0.185. The van der Waals surface area contributed by atoms with E-state index in [9.17, 15) is 0 Å². The van der Waals surface area contributed by atoms with Crippen molar-refractivity contribution < 1.29 is 9.30 Å². The average Bonchev–Trinajstić information content (AvgIpc) is 2.76. The maximum Gasteiger partial charge on any atom is 0.228 e. The fraction of sp³-hybridized carbons (Fsp3) is 0.233. The van der Waals surface area contributed by atoms with E-state index in [-0.39, 0.29) is 5.41 Å². The van der Waals surface area contributed by atoms with Crippen molar-refractivity contribution in [3.8, 4) is 22.8 Å². The van der Waals surface area contributed by atoms with Gasteiger partial charge in [-0.2, -0.15) is 0 Å². The number of hydrogen-bond donors (Lipinski definition) is 0. The van der Waals surface area contributed by atoms with E-state index >= 15 is 0 Å². The highest BCUT2D eigenvalue weighted by Gasteiger charge is 2.33. The van der Waals surface area contributed by atoms with Crippen LogP contribution in [0, 0.1) is 12.3 Å². The average molecular weight is 419 g/mol. The molecule has 32 heavy (non-hydrogen) atoms. The lowest BCUT2D eigenvalue weighted by molar-refractivity contribution is -0.659. The zero-order chi connectivity index (χ0) is 22.2. The molecule has 0 unspecified atom stereocenters. The molecule has 0 atom stereocenters. The van der Waals surface area contributed by atoms with E-state index in [1.54, 1.807) is 0 Å². The topological polar surface area (TPSA) is 13.1 Å². The molecule has 0 saturated carbocycles. The molecule has 2 heterocycles. The number of nitrogens with zero attached hydrogens (tertiary/aromatic N) is 1. The van der Waals surface area contributed by atoms with E-state index in [4.69, 9.17) is 4.74 Å². The second-order valence-electron chi connectivity index (χ2n) is 10.4. The summed E-state index contributed by atoms with van der Waals surface area (Å²) >= 11 is 0. The molecule has 0 radical (unpaired) electrons. The van der Waals surface area contributed by atoms with E-state index in [2.05, 4.69) is 106 Å². The van der Waals surface area contributed by atoms with Crippen molar-refractivity contribution in [2.45, 2.75) is 34.1 Å². The van der Waals surface area contributed by atoms with Gasteiger partial charge in [0.15, 0.2) is 6.20 Å². The summed E-state index contributed by atoms with van der Waals surface area (Å²) in [6.45, 7) is 9.18. The third kappa shape index (κ3) is 2.69. The number of aryl methyl sites for hydroxylation is 2. The second kappa shape index (κ2) is 6.56. The predicted octanol–water partition coefficient (Wildman–Crippen LogP) is 7.64. The number of benzene rings is 4. The zero-order valence-electron chi connectivity index (χ0n) is 19.4. The van der Waals surface area contributed by atoms with Crippen LogP contribution in [0.1, 0.15) is 31.9 Å². The molecule has 4 aromatic carbocycles. The highest BCUT2D eigenvalue weighted by Crippen LogP contribution is 2.52. The first-order valence-corrected chi connectivity index (χ1v) is 11.4. The lowest BCUT2D eigenvalue weighted by Gasteiger charge is -2.26. The highest BCUT2D eigenvalue weighted by molar-refractivity contribution is 6.15. The third-order valence-corrected chi connectivity index (χ3v) is 6.80. The fourth-order valence-electron chi connectivity index (χ4n) is 5.46. The van der Waals surface area contributed by atoms with Crippen molar-refractivity contribution in [2.24, 2.45) is 12.5 Å². The van der Waals surface area contributed by atoms with Gasteiger partial charge >= 0.3 is 0 Å². The zero-order valence-corrected chi connectivity index (χ0v) is 19.4. The van der Waals surface area contributed by atoms with Crippen LogP contribution in [0.15, 0.2) is 66.9 Å². The Morgan fingerprint density at radius 1 is 0.844 bits per heavy atom. The molecule has 0 aliphatic carbocycles. The molecule has 5 aromatic rings. The molecular weight excluding hydrogens is 390 g/mol. The number of aromatic nitrogens is 1. The standard InChI is InChI=1S/C30H28NO/c1-18-20-11-7-6-10-19(20)16-25-26(18)28-27-22(14-15-31(28)5)24(17-30(2,3)4)21-12-8-9-13-23(21)29(27)32-25/h6-16H,17H2,1-5H3/q+1. The van der Waals surface area contributed by atoms with Gasteiger partial charge in [0.05, 0.1) is 10.9 Å². The number of hydrogen-bond acceptors (Lipinski definition) is 1. The molecule has 2 heteroatoms. The van der Waals surface area contributed by atoms with Crippen LogP contribution in [-0.4, -0.2) is 0 Å². The van der Waals surface area contributed by atoms with Gasteiger partial charge in [-0.05, 0) is 52.1 Å². The Morgan fingerprint density at radius 3 is 2.28 bits per heavy atom. The lowest BCUT2D eigenvalue weighted by Crippen LogP contribution is -2.32. The van der Waals surface area contributed by atoms with Gasteiger partial charge in [0.25, 0.3) is 0 Å². The lowest BCUT2D eigenvalue weighted by atomic mass is 9.82. The first kappa shape index (κ1) is 19.3. The molecule has 0 spiro atoms. The smallest absolute Gasteiger partial charge is 0.228 e. The summed E-state index contributed by atoms with van der Waals surface area (Å²) in [5.41, 5.74) is 5.34. The number of pyridine rings is 1. The maximum atomic E-state index is 6.78. The first-order chi connectivity index (χ1) is 15.3. The van der Waals surface area contributed by atoms with Crippen LogP contribution in [0.4, 0.5) is 0 Å². The Bertz CT molecular complexity index is 1570. The minimum atomic E-state index is 0.185. The van der Waals surface area contributed by atoms with Crippen LogP contribution in [0.3, 0.4) is 0 Å². The molecule has 1 aromatic heterocycles. The molecule has 1 aliphatic heterocycles. The Balaban J connectivity index is 1.83. The van der Waals surface area contributed by atoms with Gasteiger partial charge in [-0.3, -0.25) is 0 Å². The molecule has 0 saturated heterocycles. The number of fused-ring (bicyclic) bond motifs is 5. The fourth-order valence-corrected chi connectivity index (χ4v) is 5.46. The van der Waals surface area contributed by atoms with Crippen LogP contribution in [0.2, 0.25) is 0 Å². The second-order valence-corrected chi connectivity index (χ2v) is 10.4. The molecule has 0 bridgehead atoms. The normalized spacial score (nSPS) is 12.9. The summed E-state index contributed by atoms with van der Waals surface area (Å²) in [6.07, 6.45) is 3.23. The van der Waals surface area contributed by atoms with Gasteiger partial charge in [-0.25, -0.2) is 4.57 Å². The van der Waals surface area contributed by atoms with Crippen LogP contribution >= 0.6 is 0 Å². The van der Waals surface area contributed by atoms with Crippen molar-refractivity contribution in [1.29, 1.82) is 0 Å². The molecule has 158 valence electrons. The van der Waals surface area contributed by atoms with Gasteiger partial charge in [0, 0.05) is 16.8 Å². The molecule has 0 amide bonds. The summed E-state index contributed by atoms with van der Waals surface area (Å²) in [6, 6.07) is 21.8. The highest BCUT2D eigenvalue weighted by atomic mass is 16.5. The Morgan fingerprint density at radius 2 is 1.53 bits per heavy atom. The van der Waals surface area contributed by atoms with Gasteiger partial charge in [0.1, 0.15) is 18.5 Å². The Labute approximate surface area is 189 Å². The Kier molecular flexibility index (Phi) is 3.96. The quantitative estimate of drug-likeness (QED) is 0.197. The third-order valence-electron chi connectivity index (χ3n) is 6.80. The first-order valence-electron chi connectivity index (χ1n) is 11.4. The van der Waals surface area contributed by atoms with Crippen LogP contribution in [-0.2, 0) is 13.5 Å². The minimum Gasteiger partial charge on any atom is -0.455 e. The molecule has 0 N–H and O–H groups in total. The van der Waals surface area contributed by atoms with Gasteiger partial charge in [-0.1, -0.05) is 69.3 Å². The van der Waals surface area contributed by atoms with Crippen molar-refractivity contribution >= 4 is 32.3 Å². The summed E-state index contributed by atoms with van der Waals surface area (Å²) in [5, 5.41) is 7.54. The monoisotopic (exact) mass is 418 g/mol. The number of ether oxygens (including phenoxy) is 1. The Hall–Kier alpha value is -3.39. The van der Waals surface area contributed by atoms with Crippen LogP contribution in [0.5, 0.6) is 11.5 Å². The van der Waals surface area contributed by atoms with Crippen molar-refractivity contribution in [3.63, 3.8) is 0 Å². The maximum absolute atomic E-state index is 6.78. The van der Waals surface area contributed by atoms with Crippen molar-refractivity contribution in [2.75, 3.05) is 0 Å². The summed E-state index contributed by atoms with van der Waals surface area (Å²) < 4.78 is 9.05. The van der Waals surface area contributed by atoms with E-state index in [0.717, 1.165) is 17.9 Å². The van der Waals surface area contributed by atoms with Crippen LogP contribution < -0.4 is 9.30 Å². The van der Waals surface area contributed by atoms with Crippen molar-refractivity contribution in [3.05, 3.63) is 78.0 Å². The largest absolute Gasteiger partial charge is 0.455 e. The van der Waals surface area contributed by atoms with E-state index < -0.39 is 0 Å². The van der Waals surface area contributed by atoms with Crippen molar-refractivity contribution in [1.82, 2.24) is 0 Å². The molecule has 1 aliphatic rings. The predicted molar refractivity (Wildman–Crippen MR) is 134 cm³/mol. The van der Waals surface area contributed by atoms with Gasteiger partial charge in [0.2, 0.25) is 5.69 Å². The molecular formula is C30H28NO+. The number of rotatable bonds is 1. The summed E-state index contributed by atoms with van der Waals surface area (Å²) in [4.78, 5) is 0. The van der Waals surface area contributed by atoms with Crippen LogP contribution in [0.25, 0.3) is 43.6 Å². The molecule has 2 nitrogen and oxygen atoms in total.